The predicted molar refractivity (Wildman–Crippen MR) is 60.8 cm³/mol. The van der Waals surface area contributed by atoms with Crippen molar-refractivity contribution in [3.63, 3.8) is 0 Å². The summed E-state index contributed by atoms with van der Waals surface area (Å²) in [6, 6.07) is 0. The second-order valence-electron chi connectivity index (χ2n) is 2.54. The molecule has 0 atom stereocenters. The third-order valence-electron chi connectivity index (χ3n) is 0.167. The fraction of sp³-hybridized carbons (Fsp3) is 0.600. The van der Waals surface area contributed by atoms with Crippen LogP contribution in [0.15, 0.2) is 0 Å². The Balaban J connectivity index is -0.0000000331. The fourth-order valence-corrected chi connectivity index (χ4v) is 0. The molecule has 21 heavy (non-hydrogen) atoms. The van der Waals surface area contributed by atoms with Crippen molar-refractivity contribution in [2.45, 2.75) is 27.7 Å². The van der Waals surface area contributed by atoms with Gasteiger partial charge in [-0.1, -0.05) is 0 Å². The maximum Gasteiger partial charge on any atom is 4.00 e. The van der Waals surface area contributed by atoms with E-state index < -0.39 is 23.9 Å². The predicted octanol–water partition coefficient (Wildman–Crippen LogP) is -6.07. The van der Waals surface area contributed by atoms with Gasteiger partial charge in [-0.05, 0) is 27.7 Å². The molecule has 0 heterocycles. The molecule has 128 valence electrons. The van der Waals surface area contributed by atoms with Gasteiger partial charge in [0.15, 0.2) is 0 Å². The first-order chi connectivity index (χ1) is 8.84. The summed E-state index contributed by atoms with van der Waals surface area (Å²) < 4.78 is 0. The van der Waals surface area contributed by atoms with E-state index in [9.17, 15) is 0 Å². The average Bonchev–Trinajstić information content (AvgIpc) is 2.13. The number of carbonyl (C=O) groups excluding carboxylic acids is 4. The Kier molecular flexibility index (Phi) is 63.2. The first kappa shape index (κ1) is 36.6. The number of hydrogen-bond donors (Lipinski definition) is 2. The minimum absolute atomic E-state index is 0. The van der Waals surface area contributed by atoms with E-state index in [1.165, 1.54) is 0 Å². The Morgan fingerprint density at radius 1 is 0.619 bits per heavy atom. The molecule has 0 radical (unpaired) electrons. The standard InChI is InChI=1S/C2H8N2.4C2H4O2.Pt/c3-1-2-4;4*1-2(3)4;/h1-4H2;4*1H3,(H,3,4);/q;;;;;+4/p-4. The van der Waals surface area contributed by atoms with Crippen LogP contribution in [-0.2, 0) is 40.2 Å². The molecule has 0 aliphatic heterocycles. The van der Waals surface area contributed by atoms with Gasteiger partial charge in [-0.15, -0.1) is 0 Å². The molecule has 0 saturated carbocycles. The van der Waals surface area contributed by atoms with Crippen molar-refractivity contribution in [3.05, 3.63) is 0 Å². The molecule has 0 bridgehead atoms. The van der Waals surface area contributed by atoms with Crippen molar-refractivity contribution in [1.29, 1.82) is 0 Å². The Labute approximate surface area is 137 Å². The summed E-state index contributed by atoms with van der Waals surface area (Å²) in [4.78, 5) is 35.6. The molecule has 0 aromatic rings. The molecule has 11 heteroatoms. The Hall–Kier alpha value is -1.51. The Morgan fingerprint density at radius 3 is 0.667 bits per heavy atom. The van der Waals surface area contributed by atoms with Crippen LogP contribution >= 0.6 is 0 Å². The van der Waals surface area contributed by atoms with Crippen LogP contribution in [0.25, 0.3) is 0 Å². The van der Waals surface area contributed by atoms with E-state index in [0.29, 0.717) is 13.1 Å². The molecule has 0 aromatic heterocycles. The maximum absolute atomic E-state index is 8.89. The van der Waals surface area contributed by atoms with Gasteiger partial charge in [0.05, 0.1) is 0 Å². The van der Waals surface area contributed by atoms with Gasteiger partial charge in [0.25, 0.3) is 0 Å². The zero-order valence-electron chi connectivity index (χ0n) is 12.2. The molecule has 0 amide bonds. The van der Waals surface area contributed by atoms with Gasteiger partial charge in [0, 0.05) is 37.0 Å². The summed E-state index contributed by atoms with van der Waals surface area (Å²) in [5.74, 6) is -4.33. The molecule has 0 saturated heterocycles. The van der Waals surface area contributed by atoms with Crippen molar-refractivity contribution in [2.75, 3.05) is 13.1 Å². The minimum atomic E-state index is -1.08. The second kappa shape index (κ2) is 36.3. The molecule has 0 spiro atoms. The zero-order chi connectivity index (χ0) is 17.7. The summed E-state index contributed by atoms with van der Waals surface area (Å²) in [6.45, 7) is 5.08. The molecule has 10 nitrogen and oxygen atoms in total. The summed E-state index contributed by atoms with van der Waals surface area (Å²) in [6.07, 6.45) is 0. The topological polar surface area (TPSA) is 213 Å². The van der Waals surface area contributed by atoms with Crippen molar-refractivity contribution < 1.29 is 60.7 Å². The first-order valence-corrected chi connectivity index (χ1v) is 4.95. The summed E-state index contributed by atoms with van der Waals surface area (Å²) in [5, 5.41) is 35.6. The van der Waals surface area contributed by atoms with Gasteiger partial charge < -0.3 is 51.1 Å². The number of rotatable bonds is 1. The molecular formula is C10H20N2O8Pt. The molecular weight excluding hydrogens is 471 g/mol. The summed E-state index contributed by atoms with van der Waals surface area (Å²) in [7, 11) is 0. The number of carboxylic acid groups (broad SMARTS) is 4. The van der Waals surface area contributed by atoms with Crippen LogP contribution in [0.4, 0.5) is 0 Å². The first-order valence-electron chi connectivity index (χ1n) is 4.95. The molecule has 0 rings (SSSR count). The van der Waals surface area contributed by atoms with E-state index in [2.05, 4.69) is 0 Å². The van der Waals surface area contributed by atoms with Crippen LogP contribution < -0.4 is 31.9 Å². The van der Waals surface area contributed by atoms with Crippen molar-refractivity contribution in [2.24, 2.45) is 11.5 Å². The van der Waals surface area contributed by atoms with Crippen molar-refractivity contribution in [3.8, 4) is 0 Å². The Bertz CT molecular complexity index is 195. The summed E-state index contributed by atoms with van der Waals surface area (Å²) in [5.41, 5.74) is 9.81. The maximum atomic E-state index is 8.89. The number of nitrogens with two attached hydrogens (primary N) is 2. The average molecular weight is 491 g/mol. The van der Waals surface area contributed by atoms with E-state index in [1.54, 1.807) is 0 Å². The third-order valence-corrected chi connectivity index (χ3v) is 0.167. The third kappa shape index (κ3) is 19200. The quantitative estimate of drug-likeness (QED) is 0.354. The SMILES string of the molecule is CC(=O)[O-].CC(=O)[O-].CC(=O)[O-].CC(=O)[O-].NCCN.[Pt+4]. The minimum Gasteiger partial charge on any atom is -0.550 e. The van der Waals surface area contributed by atoms with Gasteiger partial charge in [-0.25, -0.2) is 0 Å². The Morgan fingerprint density at radius 2 is 0.667 bits per heavy atom. The van der Waals surface area contributed by atoms with Crippen LogP contribution in [0.1, 0.15) is 27.7 Å². The fourth-order valence-electron chi connectivity index (χ4n) is 0. The van der Waals surface area contributed by atoms with Crippen molar-refractivity contribution in [1.82, 2.24) is 0 Å². The van der Waals surface area contributed by atoms with E-state index in [1.807, 2.05) is 0 Å². The van der Waals surface area contributed by atoms with E-state index in [0.717, 1.165) is 27.7 Å². The monoisotopic (exact) mass is 491 g/mol. The van der Waals surface area contributed by atoms with E-state index in [-0.39, 0.29) is 21.1 Å². The van der Waals surface area contributed by atoms with E-state index >= 15 is 0 Å². The van der Waals surface area contributed by atoms with Gasteiger partial charge in [-0.3, -0.25) is 0 Å². The van der Waals surface area contributed by atoms with Gasteiger partial charge in [0.2, 0.25) is 0 Å². The number of carbonyl (C=O) groups is 4. The zero-order valence-corrected chi connectivity index (χ0v) is 14.4. The van der Waals surface area contributed by atoms with Crippen LogP contribution in [-0.4, -0.2) is 37.0 Å². The second-order valence-corrected chi connectivity index (χ2v) is 2.54. The number of aliphatic carboxylic acids is 4. The number of hydrogen-bond acceptors (Lipinski definition) is 10. The van der Waals surface area contributed by atoms with Crippen LogP contribution in [0, 0.1) is 0 Å². The van der Waals surface area contributed by atoms with Crippen LogP contribution in [0.5, 0.6) is 0 Å². The smallest absolute Gasteiger partial charge is 0.550 e. The molecule has 0 aliphatic carbocycles. The van der Waals surface area contributed by atoms with Gasteiger partial charge in [0.1, 0.15) is 0 Å². The summed E-state index contributed by atoms with van der Waals surface area (Å²) >= 11 is 0. The number of carboxylic acids is 4. The van der Waals surface area contributed by atoms with E-state index in [4.69, 9.17) is 51.1 Å². The van der Waals surface area contributed by atoms with Crippen molar-refractivity contribution >= 4 is 23.9 Å². The normalized spacial score (nSPS) is 6.19. The van der Waals surface area contributed by atoms with Gasteiger partial charge in [-0.2, -0.15) is 0 Å². The molecule has 4 N–H and O–H groups in total. The molecule has 0 fully saturated rings. The molecule has 0 aliphatic rings. The van der Waals surface area contributed by atoms with Crippen LogP contribution in [0.2, 0.25) is 0 Å². The van der Waals surface area contributed by atoms with Crippen LogP contribution in [0.3, 0.4) is 0 Å². The largest absolute Gasteiger partial charge is 4.00 e. The molecule has 0 unspecified atom stereocenters. The molecule has 0 aromatic carbocycles. The van der Waals surface area contributed by atoms with Gasteiger partial charge >= 0.3 is 21.1 Å².